The van der Waals surface area contributed by atoms with Gasteiger partial charge < -0.3 is 10.1 Å². The van der Waals surface area contributed by atoms with Crippen molar-refractivity contribution >= 4 is 16.7 Å². The monoisotopic (exact) mass is 392 g/mol. The standard InChI is InChI=1S/C22H24N4O3/c27-21(12-20-18-8-4-5-9-19(18)22(28)25-24-20)23-13-17-15-26(10-11-29-17)14-16-6-2-1-3-7-16/h1-9,17H,10-15H2,(H,23,27)(H,25,28). The number of amides is 1. The quantitative estimate of drug-likeness (QED) is 0.664. The van der Waals surface area contributed by atoms with Crippen molar-refractivity contribution < 1.29 is 9.53 Å². The molecule has 2 N–H and O–H groups in total. The van der Waals surface area contributed by atoms with Crippen molar-refractivity contribution in [1.82, 2.24) is 20.4 Å². The van der Waals surface area contributed by atoms with Gasteiger partial charge in [0.1, 0.15) is 0 Å². The van der Waals surface area contributed by atoms with Crippen LogP contribution in [-0.4, -0.2) is 53.3 Å². The fraction of sp³-hybridized carbons (Fsp3) is 0.318. The number of ether oxygens (including phenoxy) is 1. The third kappa shape index (κ3) is 4.88. The van der Waals surface area contributed by atoms with E-state index >= 15 is 0 Å². The molecule has 150 valence electrons. The normalized spacial score (nSPS) is 17.3. The summed E-state index contributed by atoms with van der Waals surface area (Å²) in [6.07, 6.45) is 0.0641. The number of hydrogen-bond acceptors (Lipinski definition) is 5. The predicted molar refractivity (Wildman–Crippen MR) is 111 cm³/mol. The van der Waals surface area contributed by atoms with Crippen LogP contribution in [0.3, 0.4) is 0 Å². The van der Waals surface area contributed by atoms with Crippen molar-refractivity contribution in [3.05, 3.63) is 76.2 Å². The number of H-pyrrole nitrogens is 1. The first kappa shape index (κ1) is 19.3. The molecule has 7 heteroatoms. The number of fused-ring (bicyclic) bond motifs is 1. The minimum Gasteiger partial charge on any atom is -0.374 e. The SMILES string of the molecule is O=C(Cc1n[nH]c(=O)c2ccccc12)NCC1CN(Cc2ccccc2)CCO1. The number of carbonyl (C=O) groups excluding carboxylic acids is 1. The van der Waals surface area contributed by atoms with Crippen LogP contribution in [0.4, 0.5) is 0 Å². The first-order valence-corrected chi connectivity index (χ1v) is 9.80. The van der Waals surface area contributed by atoms with Gasteiger partial charge in [-0.2, -0.15) is 5.10 Å². The van der Waals surface area contributed by atoms with Crippen LogP contribution in [-0.2, 0) is 22.5 Å². The summed E-state index contributed by atoms with van der Waals surface area (Å²) >= 11 is 0. The molecule has 3 aromatic rings. The van der Waals surface area contributed by atoms with E-state index in [1.165, 1.54) is 5.56 Å². The van der Waals surface area contributed by atoms with Crippen molar-refractivity contribution in [1.29, 1.82) is 0 Å². The van der Waals surface area contributed by atoms with E-state index in [2.05, 4.69) is 32.5 Å². The molecule has 7 nitrogen and oxygen atoms in total. The predicted octanol–water partition coefficient (Wildman–Crippen LogP) is 1.48. The molecular formula is C22H24N4O3. The first-order valence-electron chi connectivity index (χ1n) is 9.80. The first-order chi connectivity index (χ1) is 14.2. The minimum absolute atomic E-state index is 0.0447. The Morgan fingerprint density at radius 1 is 1.14 bits per heavy atom. The molecule has 29 heavy (non-hydrogen) atoms. The highest BCUT2D eigenvalue weighted by Crippen LogP contribution is 2.13. The molecule has 1 aliphatic heterocycles. The van der Waals surface area contributed by atoms with Gasteiger partial charge in [-0.1, -0.05) is 48.5 Å². The maximum Gasteiger partial charge on any atom is 0.272 e. The fourth-order valence-electron chi connectivity index (χ4n) is 3.64. The van der Waals surface area contributed by atoms with E-state index < -0.39 is 0 Å². The Morgan fingerprint density at radius 2 is 1.90 bits per heavy atom. The second-order valence-electron chi connectivity index (χ2n) is 7.24. The zero-order valence-electron chi connectivity index (χ0n) is 16.1. The Morgan fingerprint density at radius 3 is 2.72 bits per heavy atom. The van der Waals surface area contributed by atoms with Gasteiger partial charge in [-0.15, -0.1) is 0 Å². The highest BCUT2D eigenvalue weighted by atomic mass is 16.5. The van der Waals surface area contributed by atoms with E-state index in [1.54, 1.807) is 12.1 Å². The van der Waals surface area contributed by atoms with Crippen LogP contribution in [0.15, 0.2) is 59.4 Å². The third-order valence-corrected chi connectivity index (χ3v) is 5.10. The van der Waals surface area contributed by atoms with E-state index in [-0.39, 0.29) is 24.0 Å². The molecule has 1 fully saturated rings. The van der Waals surface area contributed by atoms with Crippen LogP contribution in [0, 0.1) is 0 Å². The van der Waals surface area contributed by atoms with Gasteiger partial charge in [0.15, 0.2) is 0 Å². The summed E-state index contributed by atoms with van der Waals surface area (Å²) in [5.74, 6) is -0.140. The molecule has 0 bridgehead atoms. The third-order valence-electron chi connectivity index (χ3n) is 5.10. The molecule has 0 radical (unpaired) electrons. The maximum atomic E-state index is 12.4. The maximum absolute atomic E-state index is 12.4. The van der Waals surface area contributed by atoms with Crippen molar-refractivity contribution in [3.8, 4) is 0 Å². The van der Waals surface area contributed by atoms with Gasteiger partial charge >= 0.3 is 0 Å². The van der Waals surface area contributed by atoms with E-state index in [9.17, 15) is 9.59 Å². The summed E-state index contributed by atoms with van der Waals surface area (Å²) in [5.41, 5.74) is 1.58. The van der Waals surface area contributed by atoms with Crippen LogP contribution in [0.1, 0.15) is 11.3 Å². The molecule has 0 saturated carbocycles. The van der Waals surface area contributed by atoms with Crippen LogP contribution >= 0.6 is 0 Å². The molecule has 1 unspecified atom stereocenters. The number of carbonyl (C=O) groups is 1. The summed E-state index contributed by atoms with van der Waals surface area (Å²) < 4.78 is 5.81. The van der Waals surface area contributed by atoms with Crippen molar-refractivity contribution in [2.75, 3.05) is 26.2 Å². The fourth-order valence-corrected chi connectivity index (χ4v) is 3.64. The van der Waals surface area contributed by atoms with Gasteiger partial charge in [-0.3, -0.25) is 14.5 Å². The van der Waals surface area contributed by atoms with E-state index in [1.807, 2.05) is 30.3 Å². The number of rotatable bonds is 6. The lowest BCUT2D eigenvalue weighted by atomic mass is 10.1. The summed E-state index contributed by atoms with van der Waals surface area (Å²) in [6, 6.07) is 17.5. The highest BCUT2D eigenvalue weighted by molar-refractivity contribution is 5.88. The van der Waals surface area contributed by atoms with Crippen molar-refractivity contribution in [3.63, 3.8) is 0 Å². The van der Waals surface area contributed by atoms with E-state index in [4.69, 9.17) is 4.74 Å². The number of nitrogens with one attached hydrogen (secondary N) is 2. The average molecular weight is 392 g/mol. The Balaban J connectivity index is 1.32. The molecule has 2 heterocycles. The summed E-state index contributed by atoms with van der Waals surface area (Å²) in [7, 11) is 0. The molecule has 2 aromatic carbocycles. The van der Waals surface area contributed by atoms with Gasteiger partial charge in [-0.25, -0.2) is 5.10 Å². The van der Waals surface area contributed by atoms with Crippen LogP contribution in [0.25, 0.3) is 10.8 Å². The van der Waals surface area contributed by atoms with Crippen molar-refractivity contribution in [2.45, 2.75) is 19.1 Å². The van der Waals surface area contributed by atoms with Gasteiger partial charge in [0.05, 0.1) is 30.2 Å². The van der Waals surface area contributed by atoms with Gasteiger partial charge in [0.2, 0.25) is 5.91 Å². The zero-order valence-corrected chi connectivity index (χ0v) is 16.1. The van der Waals surface area contributed by atoms with Crippen LogP contribution in [0.2, 0.25) is 0 Å². The number of nitrogens with zero attached hydrogens (tertiary/aromatic N) is 2. The average Bonchev–Trinajstić information content (AvgIpc) is 2.75. The Kier molecular flexibility index (Phi) is 5.97. The Hall–Kier alpha value is -3.03. The Bertz CT molecular complexity index is 1030. The molecule has 1 aliphatic rings. The molecule has 4 rings (SSSR count). The molecule has 1 aromatic heterocycles. The Labute approximate surface area is 168 Å². The molecule has 0 spiro atoms. The highest BCUT2D eigenvalue weighted by Gasteiger charge is 2.21. The molecule has 0 aliphatic carbocycles. The number of hydrogen-bond donors (Lipinski definition) is 2. The second-order valence-corrected chi connectivity index (χ2v) is 7.24. The second kappa shape index (κ2) is 8.98. The number of aromatic amines is 1. The van der Waals surface area contributed by atoms with E-state index in [0.29, 0.717) is 29.6 Å². The molecule has 1 amide bonds. The van der Waals surface area contributed by atoms with Crippen LogP contribution in [0.5, 0.6) is 0 Å². The summed E-state index contributed by atoms with van der Waals surface area (Å²) in [6.45, 7) is 3.63. The number of aromatic nitrogens is 2. The zero-order chi connectivity index (χ0) is 20.1. The van der Waals surface area contributed by atoms with Crippen LogP contribution < -0.4 is 10.9 Å². The summed E-state index contributed by atoms with van der Waals surface area (Å²) in [4.78, 5) is 26.7. The molecular weight excluding hydrogens is 368 g/mol. The van der Waals surface area contributed by atoms with Gasteiger partial charge in [0, 0.05) is 31.6 Å². The minimum atomic E-state index is -0.251. The number of morpholine rings is 1. The van der Waals surface area contributed by atoms with Gasteiger partial charge in [-0.05, 0) is 11.6 Å². The summed E-state index contributed by atoms with van der Waals surface area (Å²) in [5, 5.41) is 10.7. The lowest BCUT2D eigenvalue weighted by Gasteiger charge is -2.33. The van der Waals surface area contributed by atoms with Gasteiger partial charge in [0.25, 0.3) is 5.56 Å². The van der Waals surface area contributed by atoms with Crippen molar-refractivity contribution in [2.24, 2.45) is 0 Å². The lowest BCUT2D eigenvalue weighted by Crippen LogP contribution is -2.47. The topological polar surface area (TPSA) is 87.3 Å². The number of benzene rings is 2. The smallest absolute Gasteiger partial charge is 0.272 e. The lowest BCUT2D eigenvalue weighted by molar-refractivity contribution is -0.121. The van der Waals surface area contributed by atoms with E-state index in [0.717, 1.165) is 19.6 Å². The molecule has 1 atom stereocenters. The largest absolute Gasteiger partial charge is 0.374 e. The molecule has 1 saturated heterocycles.